The van der Waals surface area contributed by atoms with Gasteiger partial charge in [-0.3, -0.25) is 9.59 Å². The number of carbonyl (C=O) groups is 2. The Labute approximate surface area is 398 Å². The van der Waals surface area contributed by atoms with Crippen molar-refractivity contribution in [2.75, 3.05) is 6.61 Å². The lowest BCUT2D eigenvalue weighted by Gasteiger charge is -2.24. The predicted molar refractivity (Wildman–Crippen MR) is 278 cm³/mol. The molecule has 0 aliphatic carbocycles. The van der Waals surface area contributed by atoms with Gasteiger partial charge in [-0.15, -0.1) is 0 Å². The molecule has 0 aromatic heterocycles. The van der Waals surface area contributed by atoms with E-state index in [0.29, 0.717) is 19.3 Å². The highest BCUT2D eigenvalue weighted by Crippen LogP contribution is 2.18. The van der Waals surface area contributed by atoms with E-state index in [2.05, 4.69) is 62.5 Å². The van der Waals surface area contributed by atoms with Gasteiger partial charge in [0.15, 0.2) is 0 Å². The van der Waals surface area contributed by atoms with Gasteiger partial charge in [-0.05, 0) is 83.5 Å². The molecule has 1 amide bonds. The fraction of sp³-hybridized carbons (Fsp3) is 0.862. The van der Waals surface area contributed by atoms with Gasteiger partial charge in [0.05, 0.1) is 25.2 Å². The summed E-state index contributed by atoms with van der Waals surface area (Å²) in [5.74, 6) is -0.480. The van der Waals surface area contributed by atoms with Crippen molar-refractivity contribution in [1.29, 1.82) is 0 Å². The van der Waals surface area contributed by atoms with E-state index >= 15 is 0 Å². The average Bonchev–Trinajstić information content (AvgIpc) is 3.29. The predicted octanol–water partition coefficient (Wildman–Crippen LogP) is 17.2. The first-order valence-electron chi connectivity index (χ1n) is 28.2. The normalized spacial score (nSPS) is 13.4. The SMILES string of the molecule is CCCCC/C=C\C/C=C\CCCCCCCC(CC(=O)NC(CO)C(O)CCCCCCCCCCCCCCC)OC(=O)CCCCCCCCC/C=C/CCCCCCCC. The number of nitrogens with one attached hydrogen (secondary N) is 1. The lowest BCUT2D eigenvalue weighted by Crippen LogP contribution is -2.46. The molecule has 0 saturated heterocycles. The van der Waals surface area contributed by atoms with Crippen molar-refractivity contribution in [3.63, 3.8) is 0 Å². The van der Waals surface area contributed by atoms with Crippen molar-refractivity contribution in [1.82, 2.24) is 5.32 Å². The molecule has 6 nitrogen and oxygen atoms in total. The molecule has 3 atom stereocenters. The summed E-state index contributed by atoms with van der Waals surface area (Å²) in [5, 5.41) is 23.8. The molecule has 0 spiro atoms. The molecule has 0 aromatic rings. The lowest BCUT2D eigenvalue weighted by atomic mass is 10.0. The van der Waals surface area contributed by atoms with E-state index in [-0.39, 0.29) is 24.9 Å². The summed E-state index contributed by atoms with van der Waals surface area (Å²) in [7, 11) is 0. The first kappa shape index (κ1) is 62.1. The van der Waals surface area contributed by atoms with Crippen LogP contribution in [-0.4, -0.2) is 46.9 Å². The molecule has 0 aliphatic rings. The van der Waals surface area contributed by atoms with Crippen molar-refractivity contribution in [3.8, 4) is 0 Å². The minimum Gasteiger partial charge on any atom is -0.462 e. The van der Waals surface area contributed by atoms with Crippen LogP contribution in [0.4, 0.5) is 0 Å². The van der Waals surface area contributed by atoms with Crippen LogP contribution < -0.4 is 5.32 Å². The van der Waals surface area contributed by atoms with Gasteiger partial charge in [0, 0.05) is 6.42 Å². The molecule has 376 valence electrons. The number of carbonyl (C=O) groups excluding carboxylic acids is 2. The molecule has 3 unspecified atom stereocenters. The summed E-state index contributed by atoms with van der Waals surface area (Å²) in [6.07, 6.45) is 62.0. The maximum absolute atomic E-state index is 13.2. The van der Waals surface area contributed by atoms with Crippen LogP contribution in [0.25, 0.3) is 0 Å². The zero-order valence-electron chi connectivity index (χ0n) is 42.9. The Morgan fingerprint density at radius 1 is 0.453 bits per heavy atom. The molecule has 0 fully saturated rings. The Morgan fingerprint density at radius 2 is 0.797 bits per heavy atom. The van der Waals surface area contributed by atoms with Crippen LogP contribution >= 0.6 is 0 Å². The van der Waals surface area contributed by atoms with Gasteiger partial charge in [0.25, 0.3) is 0 Å². The fourth-order valence-electron chi connectivity index (χ4n) is 8.63. The number of esters is 1. The van der Waals surface area contributed by atoms with E-state index in [0.717, 1.165) is 70.6 Å². The number of amides is 1. The maximum atomic E-state index is 13.2. The largest absolute Gasteiger partial charge is 0.462 e. The summed E-state index contributed by atoms with van der Waals surface area (Å²) in [4.78, 5) is 26.2. The van der Waals surface area contributed by atoms with Crippen molar-refractivity contribution in [3.05, 3.63) is 36.5 Å². The quantitative estimate of drug-likeness (QED) is 0.0321. The molecule has 64 heavy (non-hydrogen) atoms. The average molecular weight is 901 g/mol. The van der Waals surface area contributed by atoms with E-state index < -0.39 is 18.2 Å². The zero-order chi connectivity index (χ0) is 46.7. The standard InChI is InChI=1S/C58H109NO5/c1-4-7-10-13-16-19-22-25-27-28-30-33-36-39-42-45-48-51-58(63)64-54(49-46-43-40-37-34-32-29-26-23-20-17-14-11-8-5-2)52-57(62)59-55(53-60)56(61)50-47-44-41-38-35-31-24-21-18-15-12-9-6-3/h17,20,25-27,29,54-56,60-61H,4-16,18-19,21-24,28,30-53H2,1-3H3,(H,59,62)/b20-17-,27-25+,29-26-. The topological polar surface area (TPSA) is 95.9 Å². The maximum Gasteiger partial charge on any atom is 0.306 e. The van der Waals surface area contributed by atoms with Gasteiger partial charge in [-0.25, -0.2) is 0 Å². The van der Waals surface area contributed by atoms with Crippen molar-refractivity contribution < 1.29 is 24.5 Å². The lowest BCUT2D eigenvalue weighted by molar-refractivity contribution is -0.151. The monoisotopic (exact) mass is 900 g/mol. The van der Waals surface area contributed by atoms with Crippen molar-refractivity contribution in [2.45, 2.75) is 315 Å². The second kappa shape index (κ2) is 52.1. The molecule has 0 rings (SSSR count). The Bertz CT molecular complexity index is 1060. The van der Waals surface area contributed by atoms with E-state index in [9.17, 15) is 19.8 Å². The molecule has 0 heterocycles. The molecule has 6 heteroatoms. The molecular weight excluding hydrogens is 791 g/mol. The summed E-state index contributed by atoms with van der Waals surface area (Å²) in [5.41, 5.74) is 0. The first-order valence-corrected chi connectivity index (χ1v) is 28.2. The number of hydrogen-bond acceptors (Lipinski definition) is 5. The number of unbranched alkanes of at least 4 members (excludes halogenated alkanes) is 33. The van der Waals surface area contributed by atoms with Gasteiger partial charge in [0.2, 0.25) is 5.91 Å². The highest BCUT2D eigenvalue weighted by atomic mass is 16.5. The van der Waals surface area contributed by atoms with Crippen LogP contribution in [0, 0.1) is 0 Å². The highest BCUT2D eigenvalue weighted by molar-refractivity contribution is 5.77. The zero-order valence-corrected chi connectivity index (χ0v) is 42.9. The molecule has 0 bridgehead atoms. The molecule has 0 radical (unpaired) electrons. The van der Waals surface area contributed by atoms with Crippen molar-refractivity contribution >= 4 is 11.9 Å². The Morgan fingerprint density at radius 3 is 1.23 bits per heavy atom. The summed E-state index contributed by atoms with van der Waals surface area (Å²) >= 11 is 0. The van der Waals surface area contributed by atoms with Crippen LogP contribution in [-0.2, 0) is 14.3 Å². The third kappa shape index (κ3) is 46.6. The van der Waals surface area contributed by atoms with E-state index in [1.165, 1.54) is 180 Å². The van der Waals surface area contributed by atoms with Crippen molar-refractivity contribution in [2.24, 2.45) is 0 Å². The number of allylic oxidation sites excluding steroid dienone is 6. The summed E-state index contributed by atoms with van der Waals surface area (Å²) in [6.45, 7) is 6.47. The van der Waals surface area contributed by atoms with Gasteiger partial charge in [0.1, 0.15) is 6.10 Å². The van der Waals surface area contributed by atoms with Gasteiger partial charge in [-0.1, -0.05) is 237 Å². The molecule has 3 N–H and O–H groups in total. The number of hydrogen-bond donors (Lipinski definition) is 3. The third-order valence-electron chi connectivity index (χ3n) is 12.9. The summed E-state index contributed by atoms with van der Waals surface area (Å²) in [6, 6.07) is -0.705. The van der Waals surface area contributed by atoms with Crippen LogP contribution in [0.5, 0.6) is 0 Å². The number of ether oxygens (including phenoxy) is 1. The van der Waals surface area contributed by atoms with E-state index in [1.807, 2.05) is 0 Å². The fourth-order valence-corrected chi connectivity index (χ4v) is 8.63. The molecule has 0 saturated carbocycles. The van der Waals surface area contributed by atoms with Crippen LogP contribution in [0.15, 0.2) is 36.5 Å². The first-order chi connectivity index (χ1) is 31.5. The highest BCUT2D eigenvalue weighted by Gasteiger charge is 2.24. The summed E-state index contributed by atoms with van der Waals surface area (Å²) < 4.78 is 5.95. The third-order valence-corrected chi connectivity index (χ3v) is 12.9. The van der Waals surface area contributed by atoms with E-state index in [4.69, 9.17) is 4.74 Å². The second-order valence-corrected chi connectivity index (χ2v) is 19.3. The number of rotatable bonds is 51. The number of aliphatic hydroxyl groups excluding tert-OH is 2. The van der Waals surface area contributed by atoms with Gasteiger partial charge in [-0.2, -0.15) is 0 Å². The minimum atomic E-state index is -0.791. The van der Waals surface area contributed by atoms with Gasteiger partial charge < -0.3 is 20.3 Å². The smallest absolute Gasteiger partial charge is 0.306 e. The van der Waals surface area contributed by atoms with Crippen LogP contribution in [0.1, 0.15) is 297 Å². The Hall–Kier alpha value is -1.92. The Balaban J connectivity index is 4.57. The minimum absolute atomic E-state index is 0.0692. The molecule has 0 aromatic carbocycles. The van der Waals surface area contributed by atoms with Crippen LogP contribution in [0.2, 0.25) is 0 Å². The van der Waals surface area contributed by atoms with E-state index in [1.54, 1.807) is 0 Å². The Kier molecular flexibility index (Phi) is 50.5. The van der Waals surface area contributed by atoms with Crippen LogP contribution in [0.3, 0.4) is 0 Å². The molecular formula is C58H109NO5. The number of aliphatic hydroxyl groups is 2. The molecule has 0 aliphatic heterocycles. The second-order valence-electron chi connectivity index (χ2n) is 19.3. The van der Waals surface area contributed by atoms with Gasteiger partial charge >= 0.3 is 5.97 Å².